The second-order valence-electron chi connectivity index (χ2n) is 5.77. The summed E-state index contributed by atoms with van der Waals surface area (Å²) in [7, 11) is 1.56. The molecule has 0 aliphatic heterocycles. The molecule has 8 nitrogen and oxygen atoms in total. The molecule has 10 heteroatoms. The minimum absolute atomic E-state index is 0.200. The molecular weight excluding hydrogens is 386 g/mol. The van der Waals surface area contributed by atoms with Crippen molar-refractivity contribution in [2.45, 2.75) is 19.8 Å². The first kappa shape index (κ1) is 18.9. The minimum atomic E-state index is -0.400. The second-order valence-corrected chi connectivity index (χ2v) is 7.64. The highest BCUT2D eigenvalue weighted by Gasteiger charge is 2.16. The number of rotatable bonds is 6. The van der Waals surface area contributed by atoms with Crippen LogP contribution in [0.25, 0.3) is 0 Å². The molecule has 0 spiro atoms. The van der Waals surface area contributed by atoms with E-state index in [2.05, 4.69) is 25.8 Å². The highest BCUT2D eigenvalue weighted by Crippen LogP contribution is 2.23. The van der Waals surface area contributed by atoms with Crippen LogP contribution in [0, 0.1) is 0 Å². The normalized spacial score (nSPS) is 10.7. The van der Waals surface area contributed by atoms with Gasteiger partial charge in [0.25, 0.3) is 11.8 Å². The third-order valence-electron chi connectivity index (χ3n) is 3.46. The maximum absolute atomic E-state index is 12.3. The standard InChI is InChI=1S/C17H17N5O3S2/c1-9(2)15-21-22-17(27-15)20-14(24)12-8-26-16(18-12)19-13(23)10-4-6-11(25-3)7-5-10/h4-9H,1-3H3,(H,18,19,23)(H,20,22,24). The van der Waals surface area contributed by atoms with E-state index < -0.39 is 5.91 Å². The van der Waals surface area contributed by atoms with Gasteiger partial charge in [-0.3, -0.25) is 20.2 Å². The maximum Gasteiger partial charge on any atom is 0.277 e. The first-order valence-corrected chi connectivity index (χ1v) is 9.71. The molecular formula is C17H17N5O3S2. The quantitative estimate of drug-likeness (QED) is 0.651. The van der Waals surface area contributed by atoms with Gasteiger partial charge in [-0.1, -0.05) is 25.2 Å². The number of amides is 2. The average Bonchev–Trinajstić information content (AvgIpc) is 3.31. The van der Waals surface area contributed by atoms with Crippen molar-refractivity contribution in [1.29, 1.82) is 0 Å². The van der Waals surface area contributed by atoms with E-state index in [1.54, 1.807) is 36.8 Å². The lowest BCUT2D eigenvalue weighted by Gasteiger charge is -2.03. The number of aromatic nitrogens is 3. The van der Waals surface area contributed by atoms with Crippen molar-refractivity contribution in [2.75, 3.05) is 17.7 Å². The fraction of sp³-hybridized carbons (Fsp3) is 0.235. The molecule has 0 saturated carbocycles. The van der Waals surface area contributed by atoms with Crippen LogP contribution in [0.1, 0.15) is 45.6 Å². The van der Waals surface area contributed by atoms with Crippen LogP contribution >= 0.6 is 22.7 Å². The molecule has 0 saturated heterocycles. The topological polar surface area (TPSA) is 106 Å². The number of nitrogens with zero attached hydrogens (tertiary/aromatic N) is 3. The molecule has 0 fully saturated rings. The summed E-state index contributed by atoms with van der Waals surface area (Å²) in [6.45, 7) is 4.01. The molecule has 2 amide bonds. The summed E-state index contributed by atoms with van der Waals surface area (Å²) >= 11 is 2.49. The lowest BCUT2D eigenvalue weighted by Crippen LogP contribution is -2.14. The highest BCUT2D eigenvalue weighted by molar-refractivity contribution is 7.15. The Bertz CT molecular complexity index is 950. The SMILES string of the molecule is COc1ccc(C(=O)Nc2nc(C(=O)Nc3nnc(C(C)C)s3)cs2)cc1. The maximum atomic E-state index is 12.3. The molecule has 0 radical (unpaired) electrons. The molecule has 0 atom stereocenters. The van der Waals surface area contributed by atoms with E-state index in [0.717, 1.165) is 5.01 Å². The number of ether oxygens (including phenoxy) is 1. The van der Waals surface area contributed by atoms with Gasteiger partial charge in [-0.15, -0.1) is 21.5 Å². The number of methoxy groups -OCH3 is 1. The van der Waals surface area contributed by atoms with Crippen molar-refractivity contribution in [3.63, 3.8) is 0 Å². The number of nitrogens with one attached hydrogen (secondary N) is 2. The monoisotopic (exact) mass is 403 g/mol. The fourth-order valence-electron chi connectivity index (χ4n) is 2.03. The Kier molecular flexibility index (Phi) is 5.77. The van der Waals surface area contributed by atoms with E-state index in [9.17, 15) is 9.59 Å². The zero-order valence-electron chi connectivity index (χ0n) is 14.8. The number of hydrogen-bond donors (Lipinski definition) is 2. The summed E-state index contributed by atoms with van der Waals surface area (Å²) in [6.07, 6.45) is 0. The van der Waals surface area contributed by atoms with Crippen molar-refractivity contribution < 1.29 is 14.3 Å². The average molecular weight is 403 g/mol. The van der Waals surface area contributed by atoms with E-state index in [0.29, 0.717) is 21.6 Å². The van der Waals surface area contributed by atoms with Crippen molar-refractivity contribution in [3.8, 4) is 5.75 Å². The molecule has 3 aromatic rings. The smallest absolute Gasteiger partial charge is 0.277 e. The van der Waals surface area contributed by atoms with Crippen LogP contribution in [0.4, 0.5) is 10.3 Å². The van der Waals surface area contributed by atoms with Gasteiger partial charge in [-0.05, 0) is 24.3 Å². The molecule has 0 aliphatic carbocycles. The predicted molar refractivity (Wildman–Crippen MR) is 105 cm³/mol. The summed E-state index contributed by atoms with van der Waals surface area (Å²) < 4.78 is 5.07. The Morgan fingerprint density at radius 2 is 1.74 bits per heavy atom. The largest absolute Gasteiger partial charge is 0.497 e. The number of hydrogen-bond acceptors (Lipinski definition) is 8. The Balaban J connectivity index is 1.62. The van der Waals surface area contributed by atoms with Gasteiger partial charge in [0.2, 0.25) is 5.13 Å². The van der Waals surface area contributed by atoms with Gasteiger partial charge in [0, 0.05) is 16.9 Å². The van der Waals surface area contributed by atoms with Crippen LogP contribution in [0.3, 0.4) is 0 Å². The van der Waals surface area contributed by atoms with Crippen molar-refractivity contribution >= 4 is 44.8 Å². The van der Waals surface area contributed by atoms with Gasteiger partial charge in [-0.25, -0.2) is 4.98 Å². The number of anilines is 2. The number of carbonyl (C=O) groups is 2. The molecule has 140 valence electrons. The Labute approximate surface area is 163 Å². The van der Waals surface area contributed by atoms with Crippen molar-refractivity contribution in [1.82, 2.24) is 15.2 Å². The molecule has 2 aromatic heterocycles. The highest BCUT2D eigenvalue weighted by atomic mass is 32.1. The summed E-state index contributed by atoms with van der Waals surface area (Å²) in [5.74, 6) is 0.191. The second kappa shape index (κ2) is 8.23. The zero-order chi connectivity index (χ0) is 19.4. The van der Waals surface area contributed by atoms with Crippen LogP contribution < -0.4 is 15.4 Å². The number of thiazole rings is 1. The number of benzene rings is 1. The third-order valence-corrected chi connectivity index (χ3v) is 5.36. The van der Waals surface area contributed by atoms with Gasteiger partial charge < -0.3 is 4.74 Å². The van der Waals surface area contributed by atoms with Gasteiger partial charge >= 0.3 is 0 Å². The van der Waals surface area contributed by atoms with Gasteiger partial charge in [0.1, 0.15) is 16.5 Å². The van der Waals surface area contributed by atoms with Crippen LogP contribution in [0.2, 0.25) is 0 Å². The van der Waals surface area contributed by atoms with Gasteiger partial charge in [0.15, 0.2) is 5.13 Å². The summed E-state index contributed by atoms with van der Waals surface area (Å²) in [5, 5.41) is 16.5. The third kappa shape index (κ3) is 4.66. The summed E-state index contributed by atoms with van der Waals surface area (Å²) in [5.41, 5.74) is 0.665. The molecule has 3 rings (SSSR count). The zero-order valence-corrected chi connectivity index (χ0v) is 16.5. The van der Waals surface area contributed by atoms with Gasteiger partial charge in [-0.2, -0.15) is 0 Å². The Hall–Kier alpha value is -2.85. The minimum Gasteiger partial charge on any atom is -0.497 e. The first-order chi connectivity index (χ1) is 13.0. The number of carbonyl (C=O) groups excluding carboxylic acids is 2. The molecule has 27 heavy (non-hydrogen) atoms. The van der Waals surface area contributed by atoms with E-state index in [4.69, 9.17) is 4.74 Å². The summed E-state index contributed by atoms with van der Waals surface area (Å²) in [6, 6.07) is 6.70. The molecule has 2 N–H and O–H groups in total. The molecule has 0 aliphatic rings. The van der Waals surface area contributed by atoms with Crippen molar-refractivity contribution in [2.24, 2.45) is 0 Å². The van der Waals surface area contributed by atoms with Crippen LogP contribution in [-0.4, -0.2) is 34.1 Å². The first-order valence-electron chi connectivity index (χ1n) is 8.02. The molecule has 1 aromatic carbocycles. The van der Waals surface area contributed by atoms with E-state index in [-0.39, 0.29) is 17.5 Å². The van der Waals surface area contributed by atoms with Gasteiger partial charge in [0.05, 0.1) is 7.11 Å². The predicted octanol–water partition coefficient (Wildman–Crippen LogP) is 3.63. The van der Waals surface area contributed by atoms with Crippen LogP contribution in [0.15, 0.2) is 29.6 Å². The Morgan fingerprint density at radius 3 is 2.37 bits per heavy atom. The molecule has 2 heterocycles. The van der Waals surface area contributed by atoms with E-state index in [1.807, 2.05) is 13.8 Å². The molecule has 0 bridgehead atoms. The van der Waals surface area contributed by atoms with Crippen molar-refractivity contribution in [3.05, 3.63) is 45.9 Å². The lowest BCUT2D eigenvalue weighted by atomic mass is 10.2. The van der Waals surface area contributed by atoms with Crippen LogP contribution in [-0.2, 0) is 0 Å². The lowest BCUT2D eigenvalue weighted by molar-refractivity contribution is 0.101. The Morgan fingerprint density at radius 1 is 1.04 bits per heavy atom. The van der Waals surface area contributed by atoms with E-state index in [1.165, 1.54) is 22.7 Å². The summed E-state index contributed by atoms with van der Waals surface area (Å²) in [4.78, 5) is 28.7. The van der Waals surface area contributed by atoms with Crippen LogP contribution in [0.5, 0.6) is 5.75 Å². The fourth-order valence-corrected chi connectivity index (χ4v) is 3.45. The van der Waals surface area contributed by atoms with E-state index >= 15 is 0 Å². The molecule has 0 unspecified atom stereocenters.